The Labute approximate surface area is 172 Å². The number of rotatable bonds is 3. The van der Waals surface area contributed by atoms with Crippen LogP contribution in [0.5, 0.6) is 0 Å². The highest BCUT2D eigenvalue weighted by atomic mass is 32.2. The third-order valence-corrected chi connectivity index (χ3v) is 10.7. The van der Waals surface area contributed by atoms with Crippen LogP contribution in [0.4, 0.5) is 0 Å². The van der Waals surface area contributed by atoms with Gasteiger partial charge in [0, 0.05) is 39.1 Å². The summed E-state index contributed by atoms with van der Waals surface area (Å²) in [6.45, 7) is 3.50. The van der Waals surface area contributed by atoms with E-state index in [0.717, 1.165) is 31.2 Å². The fourth-order valence-corrected chi connectivity index (χ4v) is 9.74. The lowest BCUT2D eigenvalue weighted by atomic mass is 9.92. The number of benzene rings is 1. The molecule has 1 aromatic rings. The molecule has 0 aromatic heterocycles. The number of carbonyl (C=O) groups excluding carboxylic acids is 1. The maximum atomic E-state index is 13.5. The van der Waals surface area contributed by atoms with Crippen LogP contribution in [-0.4, -0.2) is 81.5 Å². The summed E-state index contributed by atoms with van der Waals surface area (Å²) >= 11 is 0. The second-order valence-electron chi connectivity index (χ2n) is 8.41. The molecule has 2 aliphatic heterocycles. The number of carbonyl (C=O) groups is 1. The van der Waals surface area contributed by atoms with Crippen LogP contribution in [0.15, 0.2) is 23.1 Å². The Morgan fingerprint density at radius 2 is 1.66 bits per heavy atom. The van der Waals surface area contributed by atoms with E-state index in [2.05, 4.69) is 0 Å². The number of sulfone groups is 2. The van der Waals surface area contributed by atoms with Gasteiger partial charge in [0.2, 0.25) is 5.91 Å². The number of hydrogen-bond donors (Lipinski definition) is 0. The van der Waals surface area contributed by atoms with Gasteiger partial charge in [0.15, 0.2) is 19.7 Å². The third-order valence-electron chi connectivity index (χ3n) is 6.55. The van der Waals surface area contributed by atoms with Gasteiger partial charge in [0.05, 0.1) is 21.7 Å². The minimum Gasteiger partial charge on any atom is -0.340 e. The number of amides is 1. The zero-order valence-corrected chi connectivity index (χ0v) is 18.3. The number of nitrogens with zero attached hydrogens (tertiary/aromatic N) is 2. The van der Waals surface area contributed by atoms with E-state index in [1.165, 1.54) is 12.5 Å². The second-order valence-corrected chi connectivity index (χ2v) is 12.7. The summed E-state index contributed by atoms with van der Waals surface area (Å²) in [4.78, 5) is 15.5. The summed E-state index contributed by atoms with van der Waals surface area (Å²) < 4.78 is 51.8. The molecule has 2 heterocycles. The zero-order valence-electron chi connectivity index (χ0n) is 16.7. The lowest BCUT2D eigenvalue weighted by Crippen LogP contribution is -2.55. The molecule has 160 valence electrons. The van der Waals surface area contributed by atoms with E-state index in [-0.39, 0.29) is 22.3 Å². The van der Waals surface area contributed by atoms with Crippen molar-refractivity contribution in [3.63, 3.8) is 0 Å². The molecule has 7 nitrogen and oxygen atoms in total. The fraction of sp³-hybridized carbons (Fsp3) is 0.650. The molecule has 0 unspecified atom stereocenters. The maximum absolute atomic E-state index is 13.5. The minimum absolute atomic E-state index is 0.0121. The molecule has 1 aliphatic carbocycles. The molecule has 0 radical (unpaired) electrons. The Balaban J connectivity index is 1.62. The van der Waals surface area contributed by atoms with Crippen LogP contribution in [-0.2, 0) is 37.3 Å². The number of aryl methyl sites for hydroxylation is 2. The topological polar surface area (TPSA) is 91.8 Å². The summed E-state index contributed by atoms with van der Waals surface area (Å²) in [5.41, 5.74) is 2.27. The molecule has 0 bridgehead atoms. The Kier molecular flexibility index (Phi) is 5.50. The van der Waals surface area contributed by atoms with E-state index >= 15 is 0 Å². The van der Waals surface area contributed by atoms with Crippen molar-refractivity contribution in [1.29, 1.82) is 0 Å². The van der Waals surface area contributed by atoms with Crippen LogP contribution in [0.1, 0.15) is 30.9 Å². The first-order valence-corrected chi connectivity index (χ1v) is 13.6. The molecular weight excluding hydrogens is 412 g/mol. The molecule has 3 aliphatic rings. The van der Waals surface area contributed by atoms with E-state index in [0.29, 0.717) is 26.2 Å². The van der Waals surface area contributed by atoms with Crippen molar-refractivity contribution < 1.29 is 21.6 Å². The van der Waals surface area contributed by atoms with Gasteiger partial charge in [-0.3, -0.25) is 9.69 Å². The lowest BCUT2D eigenvalue weighted by Gasteiger charge is -2.39. The van der Waals surface area contributed by atoms with Gasteiger partial charge in [-0.1, -0.05) is 6.07 Å². The standard InChI is InChI=1S/C20H28N2O5S2/c1-15(23)21-8-10-22(11-9-21)19-13-28(24,25)14-20(19)29(26,27)18-7-6-16-4-2-3-5-17(16)12-18/h6-7,12,19-20H,2-5,8-11,13-14H2,1H3/t19-,20-/m0/s1. The Morgan fingerprint density at radius 1 is 1.00 bits per heavy atom. The molecule has 1 amide bonds. The quantitative estimate of drug-likeness (QED) is 0.686. The predicted octanol–water partition coefficient (Wildman–Crippen LogP) is 0.669. The van der Waals surface area contributed by atoms with E-state index in [1.54, 1.807) is 17.0 Å². The van der Waals surface area contributed by atoms with E-state index in [1.807, 2.05) is 11.0 Å². The highest BCUT2D eigenvalue weighted by molar-refractivity contribution is 7.96. The van der Waals surface area contributed by atoms with Crippen molar-refractivity contribution in [1.82, 2.24) is 9.80 Å². The second kappa shape index (κ2) is 7.67. The average Bonchev–Trinajstić information content (AvgIpc) is 3.04. The highest BCUT2D eigenvalue weighted by Crippen LogP contribution is 2.32. The van der Waals surface area contributed by atoms with Crippen molar-refractivity contribution in [2.75, 3.05) is 37.7 Å². The maximum Gasteiger partial charge on any atom is 0.219 e. The molecular formula is C20H28N2O5S2. The van der Waals surface area contributed by atoms with Gasteiger partial charge in [-0.05, 0) is 48.9 Å². The molecule has 2 atom stereocenters. The van der Waals surface area contributed by atoms with E-state index in [4.69, 9.17) is 0 Å². The van der Waals surface area contributed by atoms with Crippen LogP contribution >= 0.6 is 0 Å². The summed E-state index contributed by atoms with van der Waals surface area (Å²) in [5.74, 6) is -0.478. The smallest absolute Gasteiger partial charge is 0.219 e. The molecule has 9 heteroatoms. The Bertz CT molecular complexity index is 1010. The van der Waals surface area contributed by atoms with Crippen LogP contribution < -0.4 is 0 Å². The van der Waals surface area contributed by atoms with Crippen molar-refractivity contribution in [2.24, 2.45) is 0 Å². The first-order valence-electron chi connectivity index (χ1n) is 10.2. The van der Waals surface area contributed by atoms with Gasteiger partial charge in [0.1, 0.15) is 0 Å². The summed E-state index contributed by atoms with van der Waals surface area (Å²) in [6.07, 6.45) is 4.01. The first kappa shape index (κ1) is 20.8. The molecule has 2 fully saturated rings. The highest BCUT2D eigenvalue weighted by Gasteiger charge is 2.48. The number of piperazine rings is 1. The van der Waals surface area contributed by atoms with Crippen molar-refractivity contribution in [3.05, 3.63) is 29.3 Å². The lowest BCUT2D eigenvalue weighted by molar-refractivity contribution is -0.130. The van der Waals surface area contributed by atoms with Crippen LogP contribution in [0, 0.1) is 0 Å². The molecule has 1 aromatic carbocycles. The van der Waals surface area contributed by atoms with E-state index < -0.39 is 31.0 Å². The number of hydrogen-bond acceptors (Lipinski definition) is 6. The molecule has 2 saturated heterocycles. The van der Waals surface area contributed by atoms with Gasteiger partial charge in [-0.15, -0.1) is 0 Å². The van der Waals surface area contributed by atoms with Gasteiger partial charge >= 0.3 is 0 Å². The van der Waals surface area contributed by atoms with E-state index in [9.17, 15) is 21.6 Å². The number of fused-ring (bicyclic) bond motifs is 1. The fourth-order valence-electron chi connectivity index (χ4n) is 4.86. The zero-order chi connectivity index (χ0) is 20.8. The normalized spacial score (nSPS) is 27.6. The van der Waals surface area contributed by atoms with Crippen molar-refractivity contribution in [3.8, 4) is 0 Å². The summed E-state index contributed by atoms with van der Waals surface area (Å²) in [5, 5.41) is -0.960. The van der Waals surface area contributed by atoms with Gasteiger partial charge < -0.3 is 4.90 Å². The largest absolute Gasteiger partial charge is 0.340 e. The molecule has 0 saturated carbocycles. The van der Waals surface area contributed by atoms with Crippen LogP contribution in [0.2, 0.25) is 0 Å². The third kappa shape index (κ3) is 4.09. The monoisotopic (exact) mass is 440 g/mol. The minimum atomic E-state index is -3.77. The molecule has 0 N–H and O–H groups in total. The molecule has 29 heavy (non-hydrogen) atoms. The molecule has 4 rings (SSSR count). The van der Waals surface area contributed by atoms with Gasteiger partial charge in [0.25, 0.3) is 0 Å². The average molecular weight is 441 g/mol. The Hall–Kier alpha value is -1.45. The molecule has 0 spiro atoms. The van der Waals surface area contributed by atoms with Gasteiger partial charge in [-0.2, -0.15) is 0 Å². The SMILES string of the molecule is CC(=O)N1CCN([C@H]2CS(=O)(=O)C[C@@H]2S(=O)(=O)c2ccc3c(c2)CCCC3)CC1. The predicted molar refractivity (Wildman–Crippen MR) is 110 cm³/mol. The first-order chi connectivity index (χ1) is 13.7. The Morgan fingerprint density at radius 3 is 2.31 bits per heavy atom. The van der Waals surface area contributed by atoms with Crippen molar-refractivity contribution in [2.45, 2.75) is 48.8 Å². The van der Waals surface area contributed by atoms with Gasteiger partial charge in [-0.25, -0.2) is 16.8 Å². The van der Waals surface area contributed by atoms with Crippen LogP contribution in [0.25, 0.3) is 0 Å². The summed E-state index contributed by atoms with van der Waals surface area (Å²) in [6, 6.07) is 4.75. The van der Waals surface area contributed by atoms with Crippen molar-refractivity contribution >= 4 is 25.6 Å². The summed E-state index contributed by atoms with van der Waals surface area (Å²) in [7, 11) is -7.21. The van der Waals surface area contributed by atoms with Crippen LogP contribution in [0.3, 0.4) is 0 Å².